The van der Waals surface area contributed by atoms with Crippen molar-refractivity contribution >= 4 is 21.6 Å². The zero-order valence-corrected chi connectivity index (χ0v) is 14.4. The highest BCUT2D eigenvalue weighted by atomic mass is 79.9. The van der Waals surface area contributed by atoms with E-state index in [0.717, 1.165) is 24.0 Å². The zero-order valence-electron chi connectivity index (χ0n) is 12.8. The number of nitrogens with zero attached hydrogens (tertiary/aromatic N) is 1. The summed E-state index contributed by atoms with van der Waals surface area (Å²) >= 11 is 3.55. The maximum atomic E-state index is 10.2. The van der Waals surface area contributed by atoms with Crippen LogP contribution in [0.5, 0.6) is 0 Å². The van der Waals surface area contributed by atoms with Crippen LogP contribution in [0.3, 0.4) is 0 Å². The van der Waals surface area contributed by atoms with Gasteiger partial charge in [0.15, 0.2) is 0 Å². The lowest BCUT2D eigenvalue weighted by Crippen LogP contribution is -2.36. The molecular weight excluding hydrogens is 316 g/mol. The van der Waals surface area contributed by atoms with Crippen LogP contribution in [0, 0.1) is 0 Å². The van der Waals surface area contributed by atoms with Crippen LogP contribution in [-0.4, -0.2) is 29.3 Å². The fraction of sp³-hybridized carbons (Fsp3) is 0.625. The largest absolute Gasteiger partial charge is 0.388 e. The fourth-order valence-electron chi connectivity index (χ4n) is 2.49. The van der Waals surface area contributed by atoms with Crippen molar-refractivity contribution in [1.29, 1.82) is 0 Å². The lowest BCUT2D eigenvalue weighted by molar-refractivity contribution is 0.0839. The van der Waals surface area contributed by atoms with Gasteiger partial charge in [-0.1, -0.05) is 22.0 Å². The Morgan fingerprint density at radius 2 is 2.10 bits per heavy atom. The average Bonchev–Trinajstić information content (AvgIpc) is 2.67. The molecule has 3 nitrogen and oxygen atoms in total. The first kappa shape index (κ1) is 15.8. The molecule has 1 aliphatic heterocycles. The Hall–Kier alpha value is -0.580. The maximum Gasteiger partial charge on any atom is 0.0810 e. The molecule has 0 radical (unpaired) electrons. The number of β-amino-alcohol motifs (C(OH)–C–C–N with tert-alkyl or cyclic N) is 1. The molecule has 1 heterocycles. The number of hydrogen-bond donors (Lipinski definition) is 2. The molecule has 112 valence electrons. The van der Waals surface area contributed by atoms with Crippen LogP contribution in [-0.2, 0) is 6.54 Å². The van der Waals surface area contributed by atoms with Crippen LogP contribution >= 0.6 is 15.9 Å². The van der Waals surface area contributed by atoms with Crippen molar-refractivity contribution in [2.45, 2.75) is 51.8 Å². The number of hydrogen-bond acceptors (Lipinski definition) is 3. The Kier molecular flexibility index (Phi) is 4.47. The van der Waals surface area contributed by atoms with Crippen molar-refractivity contribution in [1.82, 2.24) is 5.32 Å². The van der Waals surface area contributed by atoms with Crippen molar-refractivity contribution in [2.24, 2.45) is 0 Å². The third kappa shape index (κ3) is 4.21. The Balaban J connectivity index is 2.20. The van der Waals surface area contributed by atoms with Gasteiger partial charge < -0.3 is 15.3 Å². The van der Waals surface area contributed by atoms with E-state index in [0.29, 0.717) is 6.54 Å². The summed E-state index contributed by atoms with van der Waals surface area (Å²) in [7, 11) is 0. The highest BCUT2D eigenvalue weighted by Gasteiger charge is 2.32. The molecule has 0 saturated carbocycles. The van der Waals surface area contributed by atoms with Crippen LogP contribution in [0.1, 0.15) is 39.7 Å². The van der Waals surface area contributed by atoms with Gasteiger partial charge in [0.05, 0.1) is 5.60 Å². The molecule has 1 atom stereocenters. The van der Waals surface area contributed by atoms with Crippen LogP contribution in [0.15, 0.2) is 22.7 Å². The van der Waals surface area contributed by atoms with Gasteiger partial charge >= 0.3 is 0 Å². The summed E-state index contributed by atoms with van der Waals surface area (Å²) in [5, 5.41) is 13.7. The Labute approximate surface area is 130 Å². The first-order valence-corrected chi connectivity index (χ1v) is 7.96. The van der Waals surface area contributed by atoms with E-state index in [9.17, 15) is 5.11 Å². The second-order valence-electron chi connectivity index (χ2n) is 7.05. The van der Waals surface area contributed by atoms with Gasteiger partial charge in [0.1, 0.15) is 0 Å². The maximum absolute atomic E-state index is 10.2. The third-order valence-electron chi connectivity index (χ3n) is 3.65. The van der Waals surface area contributed by atoms with Crippen LogP contribution in [0.25, 0.3) is 0 Å². The lowest BCUT2D eigenvalue weighted by Gasteiger charge is -2.26. The molecule has 1 unspecified atom stereocenters. The second kappa shape index (κ2) is 5.66. The minimum atomic E-state index is -0.572. The number of anilines is 1. The molecule has 0 bridgehead atoms. The first-order chi connectivity index (χ1) is 9.16. The molecule has 1 aliphatic rings. The van der Waals surface area contributed by atoms with Crippen molar-refractivity contribution in [3.63, 3.8) is 0 Å². The van der Waals surface area contributed by atoms with Crippen LogP contribution < -0.4 is 10.2 Å². The highest BCUT2D eigenvalue weighted by molar-refractivity contribution is 9.10. The molecule has 2 rings (SSSR count). The molecule has 1 saturated heterocycles. The van der Waals surface area contributed by atoms with Crippen molar-refractivity contribution in [2.75, 3.05) is 18.0 Å². The minimum Gasteiger partial charge on any atom is -0.388 e. The van der Waals surface area contributed by atoms with Gasteiger partial charge in [0.2, 0.25) is 0 Å². The Morgan fingerprint density at radius 3 is 2.65 bits per heavy atom. The van der Waals surface area contributed by atoms with E-state index in [2.05, 4.69) is 65.1 Å². The molecule has 4 heteroatoms. The molecule has 1 aromatic rings. The summed E-state index contributed by atoms with van der Waals surface area (Å²) in [6.07, 6.45) is 0.825. The Morgan fingerprint density at radius 1 is 1.40 bits per heavy atom. The fourth-order valence-corrected chi connectivity index (χ4v) is 2.84. The lowest BCUT2D eigenvalue weighted by atomic mass is 10.1. The molecule has 1 aromatic carbocycles. The van der Waals surface area contributed by atoms with E-state index < -0.39 is 5.60 Å². The normalized spacial score (nSPS) is 23.4. The summed E-state index contributed by atoms with van der Waals surface area (Å²) in [5.74, 6) is 0. The number of aliphatic hydroxyl groups is 1. The van der Waals surface area contributed by atoms with Gasteiger partial charge in [0.25, 0.3) is 0 Å². The van der Waals surface area contributed by atoms with Gasteiger partial charge in [0, 0.05) is 35.3 Å². The molecule has 0 aliphatic carbocycles. The molecular formula is C16H25BrN2O. The molecule has 1 fully saturated rings. The topological polar surface area (TPSA) is 35.5 Å². The van der Waals surface area contributed by atoms with Crippen molar-refractivity contribution in [3.05, 3.63) is 28.2 Å². The van der Waals surface area contributed by atoms with Crippen molar-refractivity contribution < 1.29 is 5.11 Å². The number of benzene rings is 1. The summed E-state index contributed by atoms with van der Waals surface area (Å²) in [6, 6.07) is 6.39. The third-order valence-corrected chi connectivity index (χ3v) is 4.14. The summed E-state index contributed by atoms with van der Waals surface area (Å²) in [5.41, 5.74) is 2.02. The highest BCUT2D eigenvalue weighted by Crippen LogP contribution is 2.31. The first-order valence-electron chi connectivity index (χ1n) is 7.17. The van der Waals surface area contributed by atoms with E-state index in [1.807, 2.05) is 6.92 Å². The molecule has 0 amide bonds. The van der Waals surface area contributed by atoms with Gasteiger partial charge in [-0.25, -0.2) is 0 Å². The predicted molar refractivity (Wildman–Crippen MR) is 88.2 cm³/mol. The minimum absolute atomic E-state index is 0.0981. The number of halogens is 1. The van der Waals surface area contributed by atoms with Crippen LogP contribution in [0.2, 0.25) is 0 Å². The van der Waals surface area contributed by atoms with Gasteiger partial charge in [-0.15, -0.1) is 0 Å². The second-order valence-corrected chi connectivity index (χ2v) is 7.96. The molecule has 20 heavy (non-hydrogen) atoms. The smallest absolute Gasteiger partial charge is 0.0810 e. The van der Waals surface area contributed by atoms with Crippen LogP contribution in [0.4, 0.5) is 5.69 Å². The summed E-state index contributed by atoms with van der Waals surface area (Å²) in [4.78, 5) is 2.28. The summed E-state index contributed by atoms with van der Waals surface area (Å²) in [6.45, 7) is 10.9. The zero-order chi connectivity index (χ0) is 15.0. The van der Waals surface area contributed by atoms with Crippen molar-refractivity contribution in [3.8, 4) is 0 Å². The number of rotatable bonds is 3. The predicted octanol–water partition coefficient (Wildman–Crippen LogP) is 3.30. The van der Waals surface area contributed by atoms with Gasteiger partial charge in [-0.3, -0.25) is 0 Å². The van der Waals surface area contributed by atoms with E-state index in [-0.39, 0.29) is 5.54 Å². The van der Waals surface area contributed by atoms with Gasteiger partial charge in [-0.2, -0.15) is 0 Å². The number of nitrogens with one attached hydrogen (secondary N) is 1. The van der Waals surface area contributed by atoms with E-state index in [1.165, 1.54) is 11.3 Å². The monoisotopic (exact) mass is 340 g/mol. The SMILES string of the molecule is CC1(O)CCN(c2cc(Br)ccc2CNC(C)(C)C)C1. The standard InChI is InChI=1S/C16H25BrN2O/c1-15(2,3)18-10-12-5-6-13(17)9-14(12)19-8-7-16(4,20)11-19/h5-6,9,18,20H,7-8,10-11H2,1-4H3. The van der Waals surface area contributed by atoms with E-state index in [4.69, 9.17) is 0 Å². The molecule has 2 N–H and O–H groups in total. The summed E-state index contributed by atoms with van der Waals surface area (Å²) < 4.78 is 1.08. The van der Waals surface area contributed by atoms with E-state index >= 15 is 0 Å². The van der Waals surface area contributed by atoms with Gasteiger partial charge in [-0.05, 0) is 51.8 Å². The van der Waals surface area contributed by atoms with E-state index in [1.54, 1.807) is 0 Å². The molecule has 0 aromatic heterocycles. The Bertz CT molecular complexity index is 480. The average molecular weight is 341 g/mol. The quantitative estimate of drug-likeness (QED) is 0.886. The molecule has 0 spiro atoms.